The number of halogens is 3. The summed E-state index contributed by atoms with van der Waals surface area (Å²) >= 11 is 9.56. The summed E-state index contributed by atoms with van der Waals surface area (Å²) < 4.78 is 27.6. The van der Waals surface area contributed by atoms with Crippen LogP contribution in [0.4, 0.5) is 4.39 Å². The van der Waals surface area contributed by atoms with Crippen LogP contribution in [0.2, 0.25) is 5.02 Å². The number of rotatable bonds is 6. The van der Waals surface area contributed by atoms with Crippen molar-refractivity contribution in [2.45, 2.75) is 13.5 Å². The van der Waals surface area contributed by atoms with Gasteiger partial charge in [0, 0.05) is 32.4 Å². The van der Waals surface area contributed by atoms with Crippen molar-refractivity contribution in [1.29, 1.82) is 0 Å². The second kappa shape index (κ2) is 9.91. The average Bonchev–Trinajstić information content (AvgIpc) is 3.19. The molecular formula is C26H20BrClFNO4. The zero-order valence-electron chi connectivity index (χ0n) is 18.3. The molecule has 0 saturated heterocycles. The Kier molecular flexibility index (Phi) is 6.95. The fourth-order valence-corrected chi connectivity index (χ4v) is 4.18. The summed E-state index contributed by atoms with van der Waals surface area (Å²) in [6.07, 6.45) is 0. The number of carbonyl (C=O) groups excluding carboxylic acids is 1. The molecule has 34 heavy (non-hydrogen) atoms. The molecule has 0 spiro atoms. The molecule has 8 heteroatoms. The molecule has 0 saturated carbocycles. The molecule has 4 rings (SSSR count). The molecule has 0 aliphatic heterocycles. The van der Waals surface area contributed by atoms with Gasteiger partial charge in [0.25, 0.3) is 0 Å². The lowest BCUT2D eigenvalue weighted by atomic mass is 10.1. The number of phenolic OH excluding ortho intramolecular Hbond substituents is 1. The molecular weight excluding hydrogens is 525 g/mol. The van der Waals surface area contributed by atoms with E-state index >= 15 is 0 Å². The fourth-order valence-electron chi connectivity index (χ4n) is 3.67. The van der Waals surface area contributed by atoms with Crippen LogP contribution in [-0.4, -0.2) is 22.8 Å². The first-order valence-electron chi connectivity index (χ1n) is 10.2. The van der Waals surface area contributed by atoms with Crippen molar-refractivity contribution in [3.05, 3.63) is 98.9 Å². The number of aryl methyl sites for hydroxylation is 1. The second-order valence-electron chi connectivity index (χ2n) is 7.59. The Bertz CT molecular complexity index is 1390. The molecule has 0 unspecified atom stereocenters. The lowest BCUT2D eigenvalue weighted by Crippen LogP contribution is -2.05. The molecule has 4 aromatic rings. The monoisotopic (exact) mass is 543 g/mol. The van der Waals surface area contributed by atoms with Gasteiger partial charge in [0.15, 0.2) is 0 Å². The molecule has 0 fully saturated rings. The van der Waals surface area contributed by atoms with Crippen LogP contribution in [-0.2, 0) is 11.3 Å². The Morgan fingerprint density at radius 2 is 1.88 bits per heavy atom. The molecule has 0 bridgehead atoms. The second-order valence-corrected chi connectivity index (χ2v) is 8.94. The summed E-state index contributed by atoms with van der Waals surface area (Å²) in [7, 11) is 1.28. The number of aromatic hydroxyl groups is 1. The van der Waals surface area contributed by atoms with Gasteiger partial charge in [-0.05, 0) is 61.5 Å². The number of hydrogen-bond donors (Lipinski definition) is 1. The van der Waals surface area contributed by atoms with Gasteiger partial charge in [-0.15, -0.1) is 0 Å². The normalized spacial score (nSPS) is 10.9. The van der Waals surface area contributed by atoms with E-state index in [-0.39, 0.29) is 23.7 Å². The molecule has 0 amide bonds. The van der Waals surface area contributed by atoms with Crippen LogP contribution in [0.1, 0.15) is 21.6 Å². The van der Waals surface area contributed by atoms with E-state index in [2.05, 4.69) is 15.9 Å². The SMILES string of the molecule is COC(=O)c1cc(O)cc(-n2c(C)ccc2-c2cc(Cl)ccc2OCc2ccc(Br)cc2F)c1. The van der Waals surface area contributed by atoms with Gasteiger partial charge < -0.3 is 19.1 Å². The van der Waals surface area contributed by atoms with E-state index in [9.17, 15) is 14.3 Å². The van der Waals surface area contributed by atoms with Crippen LogP contribution in [0.3, 0.4) is 0 Å². The van der Waals surface area contributed by atoms with Gasteiger partial charge in [-0.25, -0.2) is 9.18 Å². The Hall–Kier alpha value is -3.29. The number of esters is 1. The first kappa shape index (κ1) is 23.9. The highest BCUT2D eigenvalue weighted by molar-refractivity contribution is 9.10. The van der Waals surface area contributed by atoms with Crippen LogP contribution >= 0.6 is 27.5 Å². The van der Waals surface area contributed by atoms with E-state index in [0.717, 1.165) is 5.69 Å². The Morgan fingerprint density at radius 3 is 2.62 bits per heavy atom. The average molecular weight is 545 g/mol. The van der Waals surface area contributed by atoms with E-state index in [1.54, 1.807) is 42.5 Å². The predicted molar refractivity (Wildman–Crippen MR) is 132 cm³/mol. The maximum Gasteiger partial charge on any atom is 0.338 e. The third-order valence-electron chi connectivity index (χ3n) is 5.27. The maximum atomic E-state index is 14.3. The summed E-state index contributed by atoms with van der Waals surface area (Å²) in [6.45, 7) is 1.92. The third kappa shape index (κ3) is 4.95. The molecule has 1 aromatic heterocycles. The van der Waals surface area contributed by atoms with Crippen molar-refractivity contribution in [2.75, 3.05) is 7.11 Å². The quantitative estimate of drug-likeness (QED) is 0.264. The molecule has 3 aromatic carbocycles. The third-order valence-corrected chi connectivity index (χ3v) is 6.00. The van der Waals surface area contributed by atoms with E-state index in [0.29, 0.717) is 37.8 Å². The van der Waals surface area contributed by atoms with Crippen LogP contribution in [0.5, 0.6) is 11.5 Å². The standard InChI is InChI=1S/C26H20BrClFNO4/c1-15-3-7-24(30(15)20-9-17(26(32)33-2)10-21(31)13-20)22-12-19(28)6-8-25(22)34-14-16-4-5-18(27)11-23(16)29/h3-13,31H,14H2,1-2H3. The minimum atomic E-state index is -0.563. The summed E-state index contributed by atoms with van der Waals surface area (Å²) in [5.74, 6) is -0.518. The molecule has 0 atom stereocenters. The highest BCUT2D eigenvalue weighted by Crippen LogP contribution is 2.37. The summed E-state index contributed by atoms with van der Waals surface area (Å²) in [6, 6.07) is 18.3. The van der Waals surface area contributed by atoms with Gasteiger partial charge in [-0.1, -0.05) is 33.6 Å². The van der Waals surface area contributed by atoms with Crippen molar-refractivity contribution < 1.29 is 23.8 Å². The van der Waals surface area contributed by atoms with Crippen LogP contribution in [0.25, 0.3) is 16.9 Å². The number of aromatic nitrogens is 1. The van der Waals surface area contributed by atoms with E-state index in [1.807, 2.05) is 23.6 Å². The minimum absolute atomic E-state index is 0.0199. The molecule has 1 heterocycles. The van der Waals surface area contributed by atoms with Crippen molar-refractivity contribution in [1.82, 2.24) is 4.57 Å². The van der Waals surface area contributed by atoms with Crippen LogP contribution < -0.4 is 4.74 Å². The number of nitrogens with zero attached hydrogens (tertiary/aromatic N) is 1. The van der Waals surface area contributed by atoms with Gasteiger partial charge >= 0.3 is 5.97 Å². The highest BCUT2D eigenvalue weighted by Gasteiger charge is 2.18. The van der Waals surface area contributed by atoms with E-state index in [1.165, 1.54) is 19.2 Å². The summed E-state index contributed by atoms with van der Waals surface area (Å²) in [5, 5.41) is 10.7. The number of hydrogen-bond acceptors (Lipinski definition) is 4. The van der Waals surface area contributed by atoms with E-state index in [4.69, 9.17) is 21.1 Å². The highest BCUT2D eigenvalue weighted by atomic mass is 79.9. The fraction of sp³-hybridized carbons (Fsp3) is 0.115. The number of methoxy groups -OCH3 is 1. The molecule has 1 N–H and O–H groups in total. The zero-order chi connectivity index (χ0) is 24.4. The lowest BCUT2D eigenvalue weighted by Gasteiger charge is -2.17. The van der Waals surface area contributed by atoms with Gasteiger partial charge in [0.1, 0.15) is 23.9 Å². The Balaban J connectivity index is 1.78. The molecule has 0 aliphatic carbocycles. The van der Waals surface area contributed by atoms with Gasteiger partial charge in [0.05, 0.1) is 24.1 Å². The van der Waals surface area contributed by atoms with Crippen molar-refractivity contribution in [3.8, 4) is 28.4 Å². The number of carbonyl (C=O) groups is 1. The number of ether oxygens (including phenoxy) is 2. The number of benzene rings is 3. The lowest BCUT2D eigenvalue weighted by molar-refractivity contribution is 0.0600. The predicted octanol–water partition coefficient (Wildman–Crippen LogP) is 7.08. The minimum Gasteiger partial charge on any atom is -0.508 e. The topological polar surface area (TPSA) is 60.7 Å². The van der Waals surface area contributed by atoms with Crippen LogP contribution in [0, 0.1) is 12.7 Å². The first-order chi connectivity index (χ1) is 16.3. The summed E-state index contributed by atoms with van der Waals surface area (Å²) in [4.78, 5) is 12.1. The van der Waals surface area contributed by atoms with Crippen molar-refractivity contribution >= 4 is 33.5 Å². The molecule has 0 aliphatic rings. The Morgan fingerprint density at radius 1 is 1.09 bits per heavy atom. The van der Waals surface area contributed by atoms with E-state index < -0.39 is 5.97 Å². The maximum absolute atomic E-state index is 14.3. The number of phenols is 1. The smallest absolute Gasteiger partial charge is 0.338 e. The molecule has 174 valence electrons. The van der Waals surface area contributed by atoms with Gasteiger partial charge in [0.2, 0.25) is 0 Å². The Labute approximate surface area is 209 Å². The van der Waals surface area contributed by atoms with Gasteiger partial charge in [-0.3, -0.25) is 0 Å². The molecule has 5 nitrogen and oxygen atoms in total. The summed E-state index contributed by atoms with van der Waals surface area (Å²) in [5.41, 5.74) is 3.41. The first-order valence-corrected chi connectivity index (χ1v) is 11.4. The van der Waals surface area contributed by atoms with Crippen molar-refractivity contribution in [3.63, 3.8) is 0 Å². The van der Waals surface area contributed by atoms with Crippen LogP contribution in [0.15, 0.2) is 71.2 Å². The molecule has 0 radical (unpaired) electrons. The zero-order valence-corrected chi connectivity index (χ0v) is 20.7. The largest absolute Gasteiger partial charge is 0.508 e. The van der Waals surface area contributed by atoms with Gasteiger partial charge in [-0.2, -0.15) is 0 Å². The van der Waals surface area contributed by atoms with Crippen molar-refractivity contribution in [2.24, 2.45) is 0 Å².